The average Bonchev–Trinajstić information content (AvgIpc) is 3.14. The van der Waals surface area contributed by atoms with Gasteiger partial charge in [-0.2, -0.15) is 0 Å². The van der Waals surface area contributed by atoms with Gasteiger partial charge in [0.1, 0.15) is 0 Å². The van der Waals surface area contributed by atoms with Gasteiger partial charge >= 0.3 is 0 Å². The molecule has 0 spiro atoms. The van der Waals surface area contributed by atoms with Crippen LogP contribution in [0.15, 0.2) is 0 Å². The minimum atomic E-state index is 0.790. The van der Waals surface area contributed by atoms with Crippen molar-refractivity contribution in [1.82, 2.24) is 10.2 Å². The largest absolute Gasteiger partial charge is 0.314 e. The Bertz CT molecular complexity index is 213. The summed E-state index contributed by atoms with van der Waals surface area (Å²) >= 11 is 0. The van der Waals surface area contributed by atoms with E-state index in [2.05, 4.69) is 24.1 Å². The molecule has 1 saturated carbocycles. The van der Waals surface area contributed by atoms with Gasteiger partial charge in [0.15, 0.2) is 0 Å². The lowest BCUT2D eigenvalue weighted by Gasteiger charge is -2.21. The second kappa shape index (κ2) is 6.75. The van der Waals surface area contributed by atoms with Gasteiger partial charge in [0.25, 0.3) is 0 Å². The van der Waals surface area contributed by atoms with E-state index in [0.717, 1.165) is 17.9 Å². The standard InChI is InChI=1S/C15H30N2/c1-3-9-17-10-4-5-15(8-11-17)16-12-13(2)14-6-7-14/h13-16H,3-12H2,1-2H3. The lowest BCUT2D eigenvalue weighted by atomic mass is 10.0. The first kappa shape index (κ1) is 13.4. The van der Waals surface area contributed by atoms with E-state index < -0.39 is 0 Å². The number of nitrogens with one attached hydrogen (secondary N) is 1. The SMILES string of the molecule is CCCN1CCCC(NCC(C)C2CC2)CC1. The van der Waals surface area contributed by atoms with E-state index in [1.807, 2.05) is 0 Å². The molecule has 2 unspecified atom stereocenters. The van der Waals surface area contributed by atoms with E-state index in [9.17, 15) is 0 Å². The van der Waals surface area contributed by atoms with Crippen LogP contribution in [0.4, 0.5) is 0 Å². The highest BCUT2D eigenvalue weighted by Gasteiger charge is 2.28. The fourth-order valence-corrected chi connectivity index (χ4v) is 3.08. The molecule has 2 atom stereocenters. The van der Waals surface area contributed by atoms with Crippen molar-refractivity contribution in [2.75, 3.05) is 26.2 Å². The topological polar surface area (TPSA) is 15.3 Å². The molecular weight excluding hydrogens is 208 g/mol. The summed E-state index contributed by atoms with van der Waals surface area (Å²) < 4.78 is 0. The highest BCUT2D eigenvalue weighted by Crippen LogP contribution is 2.36. The van der Waals surface area contributed by atoms with E-state index >= 15 is 0 Å². The van der Waals surface area contributed by atoms with E-state index in [4.69, 9.17) is 0 Å². The maximum Gasteiger partial charge on any atom is 0.00798 e. The molecule has 0 aromatic heterocycles. The first-order valence-electron chi connectivity index (χ1n) is 7.75. The van der Waals surface area contributed by atoms with Crippen molar-refractivity contribution >= 4 is 0 Å². The molecular formula is C15H30N2. The van der Waals surface area contributed by atoms with E-state index in [0.29, 0.717) is 0 Å². The second-order valence-electron chi connectivity index (χ2n) is 6.19. The maximum atomic E-state index is 3.82. The van der Waals surface area contributed by atoms with Gasteiger partial charge in [0.05, 0.1) is 0 Å². The minimum absolute atomic E-state index is 0.790. The molecule has 100 valence electrons. The van der Waals surface area contributed by atoms with Crippen molar-refractivity contribution in [2.24, 2.45) is 11.8 Å². The van der Waals surface area contributed by atoms with Crippen LogP contribution < -0.4 is 5.32 Å². The first-order chi connectivity index (χ1) is 8.29. The van der Waals surface area contributed by atoms with Crippen LogP contribution in [0.3, 0.4) is 0 Å². The highest BCUT2D eigenvalue weighted by molar-refractivity contribution is 4.82. The fraction of sp³-hybridized carbons (Fsp3) is 1.00. The number of nitrogens with zero attached hydrogens (tertiary/aromatic N) is 1. The van der Waals surface area contributed by atoms with E-state index in [-0.39, 0.29) is 0 Å². The zero-order valence-corrected chi connectivity index (χ0v) is 11.8. The van der Waals surface area contributed by atoms with Crippen molar-refractivity contribution < 1.29 is 0 Å². The zero-order chi connectivity index (χ0) is 12.1. The van der Waals surface area contributed by atoms with Crippen molar-refractivity contribution in [3.8, 4) is 0 Å². The third-order valence-electron chi connectivity index (χ3n) is 4.52. The van der Waals surface area contributed by atoms with Crippen LogP contribution in [0.5, 0.6) is 0 Å². The van der Waals surface area contributed by atoms with Crippen LogP contribution >= 0.6 is 0 Å². The van der Waals surface area contributed by atoms with Crippen LogP contribution in [0.1, 0.15) is 52.4 Å². The minimum Gasteiger partial charge on any atom is -0.314 e. The smallest absolute Gasteiger partial charge is 0.00798 e. The molecule has 0 amide bonds. The third-order valence-corrected chi connectivity index (χ3v) is 4.52. The van der Waals surface area contributed by atoms with Gasteiger partial charge in [-0.15, -0.1) is 0 Å². The van der Waals surface area contributed by atoms with Crippen LogP contribution in [-0.2, 0) is 0 Å². The van der Waals surface area contributed by atoms with Gasteiger partial charge < -0.3 is 10.2 Å². The van der Waals surface area contributed by atoms with Gasteiger partial charge in [-0.05, 0) is 76.5 Å². The van der Waals surface area contributed by atoms with Crippen LogP contribution in [0.25, 0.3) is 0 Å². The molecule has 0 radical (unpaired) electrons. The van der Waals surface area contributed by atoms with Crippen molar-refractivity contribution in [1.29, 1.82) is 0 Å². The van der Waals surface area contributed by atoms with Gasteiger partial charge in [-0.3, -0.25) is 0 Å². The quantitative estimate of drug-likeness (QED) is 0.765. The van der Waals surface area contributed by atoms with Crippen molar-refractivity contribution in [3.63, 3.8) is 0 Å². The molecule has 1 aliphatic carbocycles. The molecule has 2 heteroatoms. The lowest BCUT2D eigenvalue weighted by molar-refractivity contribution is 0.281. The first-order valence-corrected chi connectivity index (χ1v) is 7.75. The predicted molar refractivity (Wildman–Crippen MR) is 74.3 cm³/mol. The summed E-state index contributed by atoms with van der Waals surface area (Å²) in [4.78, 5) is 2.64. The molecule has 17 heavy (non-hydrogen) atoms. The van der Waals surface area contributed by atoms with Crippen LogP contribution in [0.2, 0.25) is 0 Å². The number of likely N-dealkylation sites (tertiary alicyclic amines) is 1. The molecule has 1 N–H and O–H groups in total. The number of hydrogen-bond acceptors (Lipinski definition) is 2. The van der Waals surface area contributed by atoms with Crippen molar-refractivity contribution in [2.45, 2.75) is 58.4 Å². The molecule has 1 heterocycles. The molecule has 0 bridgehead atoms. The Morgan fingerprint density at radius 2 is 2.00 bits per heavy atom. The van der Waals surface area contributed by atoms with Gasteiger partial charge in [0, 0.05) is 6.04 Å². The Balaban J connectivity index is 1.63. The molecule has 2 fully saturated rings. The Labute approximate surface area is 107 Å². The lowest BCUT2D eigenvalue weighted by Crippen LogP contribution is -2.34. The highest BCUT2D eigenvalue weighted by atomic mass is 15.1. The van der Waals surface area contributed by atoms with Crippen LogP contribution in [-0.4, -0.2) is 37.1 Å². The second-order valence-corrected chi connectivity index (χ2v) is 6.19. The van der Waals surface area contributed by atoms with Crippen molar-refractivity contribution in [3.05, 3.63) is 0 Å². The Kier molecular flexibility index (Phi) is 5.30. The normalized spacial score (nSPS) is 28.9. The summed E-state index contributed by atoms with van der Waals surface area (Å²) in [5.74, 6) is 1.95. The Hall–Kier alpha value is -0.0800. The Morgan fingerprint density at radius 1 is 1.18 bits per heavy atom. The number of hydrogen-bond donors (Lipinski definition) is 1. The maximum absolute atomic E-state index is 3.82. The van der Waals surface area contributed by atoms with E-state index in [1.165, 1.54) is 64.7 Å². The van der Waals surface area contributed by atoms with Gasteiger partial charge in [-0.1, -0.05) is 13.8 Å². The molecule has 2 nitrogen and oxygen atoms in total. The average molecular weight is 238 g/mol. The Morgan fingerprint density at radius 3 is 2.71 bits per heavy atom. The molecule has 0 aromatic rings. The van der Waals surface area contributed by atoms with Gasteiger partial charge in [0.2, 0.25) is 0 Å². The summed E-state index contributed by atoms with van der Waals surface area (Å²) in [6.45, 7) is 9.89. The monoisotopic (exact) mass is 238 g/mol. The third kappa shape index (κ3) is 4.59. The molecule has 0 aromatic carbocycles. The van der Waals surface area contributed by atoms with Crippen LogP contribution in [0, 0.1) is 11.8 Å². The molecule has 2 aliphatic rings. The predicted octanol–water partition coefficient (Wildman–Crippen LogP) is 2.89. The zero-order valence-electron chi connectivity index (χ0n) is 11.8. The summed E-state index contributed by atoms with van der Waals surface area (Å²) in [6, 6.07) is 0.790. The number of rotatable bonds is 6. The summed E-state index contributed by atoms with van der Waals surface area (Å²) in [7, 11) is 0. The molecule has 2 rings (SSSR count). The summed E-state index contributed by atoms with van der Waals surface area (Å²) in [5.41, 5.74) is 0. The molecule has 1 saturated heterocycles. The van der Waals surface area contributed by atoms with Gasteiger partial charge in [-0.25, -0.2) is 0 Å². The molecule has 1 aliphatic heterocycles. The summed E-state index contributed by atoms with van der Waals surface area (Å²) in [5, 5.41) is 3.82. The summed E-state index contributed by atoms with van der Waals surface area (Å²) in [6.07, 6.45) is 8.40. The van der Waals surface area contributed by atoms with E-state index in [1.54, 1.807) is 0 Å². The fourth-order valence-electron chi connectivity index (χ4n) is 3.08.